The monoisotopic (exact) mass is 321 g/mol. The Labute approximate surface area is 93.6 Å². The standard InChI is InChI=1S/C7H4BrN3O2Se/c1-3-2-4(8)5-6(10-14-9-5)7(3)11(12)13/h2H,1H3. The van der Waals surface area contributed by atoms with E-state index >= 15 is 0 Å². The van der Waals surface area contributed by atoms with Crippen LogP contribution in [0, 0.1) is 17.0 Å². The van der Waals surface area contributed by atoms with Crippen molar-refractivity contribution in [1.82, 2.24) is 7.96 Å². The van der Waals surface area contributed by atoms with E-state index in [-0.39, 0.29) is 20.6 Å². The van der Waals surface area contributed by atoms with E-state index in [1.165, 1.54) is 0 Å². The maximum absolute atomic E-state index is 10.8. The molecule has 0 fully saturated rings. The van der Waals surface area contributed by atoms with E-state index in [2.05, 4.69) is 23.9 Å². The van der Waals surface area contributed by atoms with E-state index in [1.807, 2.05) is 0 Å². The molecule has 14 heavy (non-hydrogen) atoms. The average molecular weight is 321 g/mol. The number of halogens is 1. The summed E-state index contributed by atoms with van der Waals surface area (Å²) in [5.74, 6) is 0. The summed E-state index contributed by atoms with van der Waals surface area (Å²) in [5, 5.41) is 10.8. The van der Waals surface area contributed by atoms with Gasteiger partial charge >= 0.3 is 93.6 Å². The fourth-order valence-corrected chi connectivity index (χ4v) is 3.31. The summed E-state index contributed by atoms with van der Waals surface area (Å²) in [6.45, 7) is 1.70. The van der Waals surface area contributed by atoms with E-state index in [4.69, 9.17) is 0 Å². The summed E-state index contributed by atoms with van der Waals surface area (Å²) < 4.78 is 8.97. The van der Waals surface area contributed by atoms with Gasteiger partial charge in [0.1, 0.15) is 0 Å². The number of hydrogen-bond acceptors (Lipinski definition) is 4. The van der Waals surface area contributed by atoms with E-state index < -0.39 is 4.92 Å². The molecule has 0 saturated heterocycles. The minimum absolute atomic E-state index is 0.0753. The Balaban J connectivity index is 2.93. The van der Waals surface area contributed by atoms with Gasteiger partial charge in [-0.15, -0.1) is 0 Å². The zero-order valence-corrected chi connectivity index (χ0v) is 10.3. The normalized spacial score (nSPS) is 10.7. The third-order valence-electron chi connectivity index (χ3n) is 1.84. The molecule has 0 spiro atoms. The Morgan fingerprint density at radius 2 is 2.14 bits per heavy atom. The van der Waals surface area contributed by atoms with Gasteiger partial charge in [0, 0.05) is 0 Å². The number of nitro benzene ring substituents is 1. The molecule has 0 saturated carbocycles. The van der Waals surface area contributed by atoms with Crippen LogP contribution in [0.1, 0.15) is 5.56 Å². The number of aryl methyl sites for hydroxylation is 1. The second kappa shape index (κ2) is 3.42. The molecule has 1 aromatic heterocycles. The van der Waals surface area contributed by atoms with Crippen LogP contribution in [0.4, 0.5) is 5.69 Å². The first-order chi connectivity index (χ1) is 6.61. The third kappa shape index (κ3) is 1.37. The predicted octanol–water partition coefficient (Wildman–Crippen LogP) is 1.67. The van der Waals surface area contributed by atoms with Crippen molar-refractivity contribution < 1.29 is 4.92 Å². The first-order valence-corrected chi connectivity index (χ1v) is 5.99. The Hall–Kier alpha value is -0.781. The molecule has 0 amide bonds. The number of benzene rings is 1. The molecule has 1 aromatic carbocycles. The molecule has 0 N–H and O–H groups in total. The van der Waals surface area contributed by atoms with Gasteiger partial charge < -0.3 is 0 Å². The zero-order chi connectivity index (χ0) is 10.3. The van der Waals surface area contributed by atoms with Crippen molar-refractivity contribution in [3.05, 3.63) is 26.2 Å². The Kier molecular flexibility index (Phi) is 2.38. The van der Waals surface area contributed by atoms with Crippen molar-refractivity contribution in [3.63, 3.8) is 0 Å². The quantitative estimate of drug-likeness (QED) is 0.455. The van der Waals surface area contributed by atoms with Crippen molar-refractivity contribution in [2.45, 2.75) is 6.92 Å². The molecule has 0 radical (unpaired) electrons. The second-order valence-corrected chi connectivity index (χ2v) is 4.71. The molecule has 5 nitrogen and oxygen atoms in total. The molecule has 2 aromatic rings. The first-order valence-electron chi connectivity index (χ1n) is 3.67. The summed E-state index contributed by atoms with van der Waals surface area (Å²) in [7, 11) is 0. The average Bonchev–Trinajstić information content (AvgIpc) is 2.51. The fourth-order valence-electron chi connectivity index (χ4n) is 1.24. The molecule has 0 atom stereocenters. The summed E-state index contributed by atoms with van der Waals surface area (Å²) in [5.41, 5.74) is 1.72. The van der Waals surface area contributed by atoms with Crippen molar-refractivity contribution in [1.29, 1.82) is 0 Å². The molecule has 0 aliphatic heterocycles. The van der Waals surface area contributed by atoms with Crippen LogP contribution in [0.3, 0.4) is 0 Å². The molecular weight excluding hydrogens is 317 g/mol. The molecule has 2 rings (SSSR count). The summed E-state index contributed by atoms with van der Waals surface area (Å²) >= 11 is 3.07. The van der Waals surface area contributed by atoms with E-state index in [0.29, 0.717) is 16.6 Å². The van der Waals surface area contributed by atoms with Gasteiger partial charge in [-0.25, -0.2) is 0 Å². The Morgan fingerprint density at radius 3 is 2.79 bits per heavy atom. The van der Waals surface area contributed by atoms with Crippen LogP contribution in [-0.4, -0.2) is 27.8 Å². The number of hydrogen-bond donors (Lipinski definition) is 0. The molecule has 0 unspecified atom stereocenters. The molecule has 0 aliphatic rings. The Morgan fingerprint density at radius 1 is 1.50 bits per heavy atom. The van der Waals surface area contributed by atoms with Crippen LogP contribution in [0.5, 0.6) is 0 Å². The number of fused-ring (bicyclic) bond motifs is 1. The third-order valence-corrected chi connectivity index (χ3v) is 3.55. The van der Waals surface area contributed by atoms with Crippen molar-refractivity contribution in [2.24, 2.45) is 0 Å². The van der Waals surface area contributed by atoms with Gasteiger partial charge in [-0.05, 0) is 0 Å². The SMILES string of the molecule is Cc1cc(Br)c2n[se]nc2c1[N+](=O)[O-]. The number of rotatable bonds is 1. The number of nitrogens with zero attached hydrogens (tertiary/aromatic N) is 3. The second-order valence-electron chi connectivity index (χ2n) is 2.74. The van der Waals surface area contributed by atoms with Gasteiger partial charge in [0.05, 0.1) is 0 Å². The van der Waals surface area contributed by atoms with Crippen LogP contribution < -0.4 is 0 Å². The van der Waals surface area contributed by atoms with E-state index in [0.717, 1.165) is 4.47 Å². The zero-order valence-electron chi connectivity index (χ0n) is 7.02. The van der Waals surface area contributed by atoms with Gasteiger partial charge in [0.2, 0.25) is 0 Å². The topological polar surface area (TPSA) is 68.9 Å². The molecule has 72 valence electrons. The van der Waals surface area contributed by atoms with Crippen molar-refractivity contribution in [3.8, 4) is 0 Å². The van der Waals surface area contributed by atoms with Gasteiger partial charge in [-0.1, -0.05) is 0 Å². The van der Waals surface area contributed by atoms with Crippen LogP contribution in [0.25, 0.3) is 11.0 Å². The molecule has 0 aliphatic carbocycles. The fraction of sp³-hybridized carbons (Fsp3) is 0.143. The number of aromatic nitrogens is 2. The van der Waals surface area contributed by atoms with Gasteiger partial charge in [-0.2, -0.15) is 0 Å². The maximum atomic E-state index is 10.8. The summed E-state index contributed by atoms with van der Waals surface area (Å²) in [6.07, 6.45) is 0. The minimum atomic E-state index is -0.402. The van der Waals surface area contributed by atoms with Crippen LogP contribution in [0.15, 0.2) is 10.5 Å². The van der Waals surface area contributed by atoms with Crippen molar-refractivity contribution in [2.75, 3.05) is 0 Å². The van der Waals surface area contributed by atoms with Gasteiger partial charge in [0.25, 0.3) is 0 Å². The van der Waals surface area contributed by atoms with Gasteiger partial charge in [0.15, 0.2) is 0 Å². The van der Waals surface area contributed by atoms with Gasteiger partial charge in [-0.3, -0.25) is 0 Å². The number of nitro groups is 1. The Bertz CT molecular complexity index is 525. The summed E-state index contributed by atoms with van der Waals surface area (Å²) in [6, 6.07) is 1.71. The van der Waals surface area contributed by atoms with Crippen LogP contribution in [0.2, 0.25) is 0 Å². The van der Waals surface area contributed by atoms with Crippen LogP contribution in [-0.2, 0) is 0 Å². The molecular formula is C7H4BrN3O2Se. The molecule has 7 heteroatoms. The molecule has 0 bridgehead atoms. The first kappa shape index (κ1) is 9.76. The van der Waals surface area contributed by atoms with E-state index in [9.17, 15) is 10.1 Å². The van der Waals surface area contributed by atoms with Crippen LogP contribution >= 0.6 is 15.9 Å². The van der Waals surface area contributed by atoms with Crippen molar-refractivity contribution >= 4 is 47.6 Å². The van der Waals surface area contributed by atoms with E-state index in [1.54, 1.807) is 13.0 Å². The summed E-state index contributed by atoms with van der Waals surface area (Å²) in [4.78, 5) is 10.4. The molecule has 1 heterocycles. The predicted molar refractivity (Wildman–Crippen MR) is 55.6 cm³/mol.